The number of piperidine rings is 1. The first kappa shape index (κ1) is 15.7. The summed E-state index contributed by atoms with van der Waals surface area (Å²) in [5.41, 5.74) is 0.228. The summed E-state index contributed by atoms with van der Waals surface area (Å²) >= 11 is 0. The van der Waals surface area contributed by atoms with E-state index in [-0.39, 0.29) is 23.4 Å². The van der Waals surface area contributed by atoms with Gasteiger partial charge in [0, 0.05) is 30.7 Å². The molecule has 1 amide bonds. The van der Waals surface area contributed by atoms with Crippen molar-refractivity contribution in [2.45, 2.75) is 51.2 Å². The maximum atomic E-state index is 12.3. The molecule has 5 nitrogen and oxygen atoms in total. The third-order valence-corrected chi connectivity index (χ3v) is 4.58. The minimum absolute atomic E-state index is 0.0411. The molecule has 0 aliphatic carbocycles. The van der Waals surface area contributed by atoms with Gasteiger partial charge in [-0.25, -0.2) is 0 Å². The van der Waals surface area contributed by atoms with Crippen LogP contribution in [0.15, 0.2) is 0 Å². The number of hydrogen-bond acceptors (Lipinski definition) is 4. The third kappa shape index (κ3) is 3.71. The Kier molecular flexibility index (Phi) is 5.04. The molecular formula is C15H29N3O2. The molecule has 5 heteroatoms. The first-order valence-electron chi connectivity index (χ1n) is 7.72. The number of nitrogens with one attached hydrogen (secondary N) is 2. The van der Waals surface area contributed by atoms with Crippen molar-refractivity contribution in [3.05, 3.63) is 0 Å². The zero-order valence-electron chi connectivity index (χ0n) is 13.2. The van der Waals surface area contributed by atoms with Crippen LogP contribution < -0.4 is 10.6 Å². The molecule has 0 aromatic carbocycles. The van der Waals surface area contributed by atoms with Gasteiger partial charge >= 0.3 is 0 Å². The summed E-state index contributed by atoms with van der Waals surface area (Å²) in [5.74, 6) is 0.108. The van der Waals surface area contributed by atoms with Crippen LogP contribution in [0.1, 0.15) is 33.6 Å². The molecule has 0 saturated carbocycles. The number of hydrogen-bond donors (Lipinski definition) is 2. The van der Waals surface area contributed by atoms with Crippen molar-refractivity contribution in [3.8, 4) is 0 Å². The van der Waals surface area contributed by atoms with Gasteiger partial charge in [0.25, 0.3) is 0 Å². The molecule has 2 atom stereocenters. The fraction of sp³-hybridized carbons (Fsp3) is 0.933. The van der Waals surface area contributed by atoms with Crippen LogP contribution in [0.5, 0.6) is 0 Å². The third-order valence-electron chi connectivity index (χ3n) is 4.58. The second-order valence-corrected chi connectivity index (χ2v) is 6.98. The van der Waals surface area contributed by atoms with Crippen LogP contribution in [0, 0.1) is 5.92 Å². The molecule has 0 spiro atoms. The SMILES string of the molecule is CNC1COCC1C(=O)NC1CCN(C(C)(C)C)CC1. The Balaban J connectivity index is 1.79. The van der Waals surface area contributed by atoms with Crippen molar-refractivity contribution in [1.29, 1.82) is 0 Å². The van der Waals surface area contributed by atoms with Crippen molar-refractivity contribution in [1.82, 2.24) is 15.5 Å². The lowest BCUT2D eigenvalue weighted by molar-refractivity contribution is -0.126. The van der Waals surface area contributed by atoms with Gasteiger partial charge in [0.2, 0.25) is 5.91 Å². The van der Waals surface area contributed by atoms with Gasteiger partial charge in [-0.3, -0.25) is 9.69 Å². The predicted molar refractivity (Wildman–Crippen MR) is 79.6 cm³/mol. The normalized spacial score (nSPS) is 29.6. The summed E-state index contributed by atoms with van der Waals surface area (Å²) in [7, 11) is 1.89. The van der Waals surface area contributed by atoms with E-state index in [2.05, 4.69) is 36.3 Å². The Hall–Kier alpha value is -0.650. The highest BCUT2D eigenvalue weighted by atomic mass is 16.5. The molecule has 0 radical (unpaired) electrons. The second-order valence-electron chi connectivity index (χ2n) is 6.98. The Morgan fingerprint density at radius 2 is 1.85 bits per heavy atom. The van der Waals surface area contributed by atoms with E-state index in [0.717, 1.165) is 25.9 Å². The standard InChI is InChI=1S/C15H29N3O2/c1-15(2,3)18-7-5-11(6-8-18)17-14(19)12-9-20-10-13(12)16-4/h11-13,16H,5-10H2,1-4H3,(H,17,19). The lowest BCUT2D eigenvalue weighted by Gasteiger charge is -2.41. The second kappa shape index (κ2) is 6.41. The van der Waals surface area contributed by atoms with Crippen LogP contribution in [0.2, 0.25) is 0 Å². The number of nitrogens with zero attached hydrogens (tertiary/aromatic N) is 1. The molecule has 2 N–H and O–H groups in total. The number of ether oxygens (including phenoxy) is 1. The fourth-order valence-electron chi connectivity index (χ4n) is 3.10. The van der Waals surface area contributed by atoms with E-state index in [1.807, 2.05) is 7.05 Å². The molecule has 2 heterocycles. The van der Waals surface area contributed by atoms with Gasteiger partial charge in [-0.05, 0) is 40.7 Å². The summed E-state index contributed by atoms with van der Waals surface area (Å²) in [5, 5.41) is 6.38. The van der Waals surface area contributed by atoms with Crippen LogP contribution >= 0.6 is 0 Å². The molecule has 2 rings (SSSR count). The highest BCUT2D eigenvalue weighted by Crippen LogP contribution is 2.21. The average molecular weight is 283 g/mol. The topological polar surface area (TPSA) is 53.6 Å². The molecule has 2 saturated heterocycles. The van der Waals surface area contributed by atoms with Crippen LogP contribution in [0.4, 0.5) is 0 Å². The van der Waals surface area contributed by atoms with Gasteiger partial charge in [0.05, 0.1) is 19.1 Å². The number of carbonyl (C=O) groups excluding carboxylic acids is 1. The largest absolute Gasteiger partial charge is 0.379 e. The molecule has 0 aromatic heterocycles. The van der Waals surface area contributed by atoms with Crippen molar-refractivity contribution in [3.63, 3.8) is 0 Å². The van der Waals surface area contributed by atoms with Crippen molar-refractivity contribution in [2.24, 2.45) is 5.92 Å². The quantitative estimate of drug-likeness (QED) is 0.796. The van der Waals surface area contributed by atoms with Crippen LogP contribution in [-0.4, -0.2) is 61.8 Å². The molecule has 0 aromatic rings. The number of amides is 1. The molecule has 0 bridgehead atoms. The molecule has 2 fully saturated rings. The van der Waals surface area contributed by atoms with Gasteiger partial charge in [0.1, 0.15) is 0 Å². The van der Waals surface area contributed by atoms with Crippen molar-refractivity contribution >= 4 is 5.91 Å². The highest BCUT2D eigenvalue weighted by molar-refractivity contribution is 5.80. The molecular weight excluding hydrogens is 254 g/mol. The van der Waals surface area contributed by atoms with Gasteiger partial charge in [-0.2, -0.15) is 0 Å². The van der Waals surface area contributed by atoms with E-state index in [4.69, 9.17) is 4.74 Å². The molecule has 2 unspecified atom stereocenters. The van der Waals surface area contributed by atoms with Crippen molar-refractivity contribution in [2.75, 3.05) is 33.4 Å². The molecule has 2 aliphatic rings. The monoisotopic (exact) mass is 283 g/mol. The number of likely N-dealkylation sites (N-methyl/N-ethyl adjacent to an activating group) is 1. The van der Waals surface area contributed by atoms with Crippen LogP contribution in [0.25, 0.3) is 0 Å². The minimum atomic E-state index is -0.0411. The Labute approximate surface area is 122 Å². The van der Waals surface area contributed by atoms with Gasteiger partial charge in [0.15, 0.2) is 0 Å². The summed E-state index contributed by atoms with van der Waals surface area (Å²) in [6.45, 7) is 10.0. The van der Waals surface area contributed by atoms with Crippen molar-refractivity contribution < 1.29 is 9.53 Å². The predicted octanol–water partition coefficient (Wildman–Crippen LogP) is 0.600. The first-order valence-corrected chi connectivity index (χ1v) is 7.72. The minimum Gasteiger partial charge on any atom is -0.379 e. The zero-order valence-corrected chi connectivity index (χ0v) is 13.2. The summed E-state index contributed by atoms with van der Waals surface area (Å²) in [6.07, 6.45) is 2.08. The Morgan fingerprint density at radius 1 is 1.20 bits per heavy atom. The number of likely N-dealkylation sites (tertiary alicyclic amines) is 1. The molecule has 2 aliphatic heterocycles. The first-order chi connectivity index (χ1) is 9.41. The summed E-state index contributed by atoms with van der Waals surface area (Å²) in [6, 6.07) is 0.476. The summed E-state index contributed by atoms with van der Waals surface area (Å²) < 4.78 is 5.40. The summed E-state index contributed by atoms with van der Waals surface area (Å²) in [4.78, 5) is 14.8. The highest BCUT2D eigenvalue weighted by Gasteiger charge is 2.35. The average Bonchev–Trinajstić information content (AvgIpc) is 2.86. The maximum absolute atomic E-state index is 12.3. The van der Waals surface area contributed by atoms with Gasteiger partial charge < -0.3 is 15.4 Å². The smallest absolute Gasteiger partial charge is 0.227 e. The van der Waals surface area contributed by atoms with E-state index in [9.17, 15) is 4.79 Å². The van der Waals surface area contributed by atoms with Gasteiger partial charge in [-0.1, -0.05) is 0 Å². The maximum Gasteiger partial charge on any atom is 0.227 e. The Bertz CT molecular complexity index is 333. The number of carbonyl (C=O) groups is 1. The Morgan fingerprint density at radius 3 is 2.40 bits per heavy atom. The van der Waals surface area contributed by atoms with E-state index < -0.39 is 0 Å². The molecule has 20 heavy (non-hydrogen) atoms. The van der Waals surface area contributed by atoms with Crippen LogP contribution in [0.3, 0.4) is 0 Å². The van der Waals surface area contributed by atoms with Crippen LogP contribution in [-0.2, 0) is 9.53 Å². The van der Waals surface area contributed by atoms with E-state index in [0.29, 0.717) is 19.3 Å². The lowest BCUT2D eigenvalue weighted by Crippen LogP contribution is -2.52. The zero-order chi connectivity index (χ0) is 14.8. The van der Waals surface area contributed by atoms with Gasteiger partial charge in [-0.15, -0.1) is 0 Å². The molecule has 116 valence electrons. The number of rotatable bonds is 3. The van der Waals surface area contributed by atoms with E-state index >= 15 is 0 Å². The van der Waals surface area contributed by atoms with E-state index in [1.54, 1.807) is 0 Å². The van der Waals surface area contributed by atoms with E-state index in [1.165, 1.54) is 0 Å². The lowest BCUT2D eigenvalue weighted by atomic mass is 9.96. The fourth-order valence-corrected chi connectivity index (χ4v) is 3.10.